The van der Waals surface area contributed by atoms with Gasteiger partial charge in [0.2, 0.25) is 0 Å². The van der Waals surface area contributed by atoms with Gasteiger partial charge in [-0.1, -0.05) is 30.4 Å². The molecular formula is C27H20O9. The first-order valence-corrected chi connectivity index (χ1v) is 10.6. The second-order valence-corrected chi connectivity index (χ2v) is 7.78. The van der Waals surface area contributed by atoms with Crippen LogP contribution < -0.4 is 11.3 Å². The van der Waals surface area contributed by atoms with E-state index in [4.69, 9.17) is 8.83 Å². The van der Waals surface area contributed by atoms with Crippen molar-refractivity contribution in [3.8, 4) is 28.7 Å². The Morgan fingerprint density at radius 3 is 1.56 bits per heavy atom. The zero-order valence-corrected chi connectivity index (χ0v) is 18.6. The molecule has 0 spiro atoms. The lowest BCUT2D eigenvalue weighted by Gasteiger charge is -2.06. The minimum Gasteiger partial charge on any atom is -0.508 e. The number of aromatic hydroxyl groups is 5. The van der Waals surface area contributed by atoms with Gasteiger partial charge in [-0.15, -0.1) is 0 Å². The lowest BCUT2D eigenvalue weighted by Crippen LogP contribution is -2.14. The Morgan fingerprint density at radius 1 is 0.556 bits per heavy atom. The molecule has 4 rings (SSSR count). The molecule has 0 aliphatic rings. The first kappa shape index (κ1) is 24.0. The van der Waals surface area contributed by atoms with Crippen molar-refractivity contribution >= 4 is 24.3 Å². The molecule has 0 radical (unpaired) electrons. The standard InChI is InChI=1S/C27H20O9/c28-17-6-1-15(2-7-17)3-8-18-12-23(30)20(26(33)35-18)14-21-24(31)13-19(36-27(21)34)9-4-16-5-10-22(29)25(32)11-16/h1-13,28-32H,14H2. The third kappa shape index (κ3) is 5.48. The summed E-state index contributed by atoms with van der Waals surface area (Å²) in [6, 6.07) is 12.8. The maximum Gasteiger partial charge on any atom is 0.343 e. The van der Waals surface area contributed by atoms with Crippen molar-refractivity contribution < 1.29 is 34.4 Å². The fraction of sp³-hybridized carbons (Fsp3) is 0.0370. The van der Waals surface area contributed by atoms with E-state index in [-0.39, 0.29) is 39.9 Å². The van der Waals surface area contributed by atoms with Crippen LogP contribution in [0.15, 0.2) is 73.0 Å². The Bertz CT molecular complexity index is 1590. The zero-order valence-electron chi connectivity index (χ0n) is 18.6. The topological polar surface area (TPSA) is 162 Å². The summed E-state index contributed by atoms with van der Waals surface area (Å²) in [6.45, 7) is 0. The lowest BCUT2D eigenvalue weighted by atomic mass is 10.1. The van der Waals surface area contributed by atoms with Gasteiger partial charge in [0.1, 0.15) is 28.8 Å². The Hall–Kier alpha value is -5.18. The van der Waals surface area contributed by atoms with E-state index < -0.39 is 29.2 Å². The van der Waals surface area contributed by atoms with Gasteiger partial charge in [-0.2, -0.15) is 0 Å². The van der Waals surface area contributed by atoms with Crippen molar-refractivity contribution in [2.24, 2.45) is 0 Å². The molecule has 182 valence electrons. The van der Waals surface area contributed by atoms with E-state index in [9.17, 15) is 35.1 Å². The molecule has 36 heavy (non-hydrogen) atoms. The van der Waals surface area contributed by atoms with Crippen molar-refractivity contribution in [1.82, 2.24) is 0 Å². The van der Waals surface area contributed by atoms with Gasteiger partial charge in [-0.25, -0.2) is 9.59 Å². The van der Waals surface area contributed by atoms with Crippen molar-refractivity contribution in [3.05, 3.63) is 109 Å². The minimum atomic E-state index is -0.918. The molecule has 9 nitrogen and oxygen atoms in total. The summed E-state index contributed by atoms with van der Waals surface area (Å²) in [7, 11) is 0. The van der Waals surface area contributed by atoms with E-state index >= 15 is 0 Å². The largest absolute Gasteiger partial charge is 0.508 e. The Labute approximate surface area is 203 Å². The second-order valence-electron chi connectivity index (χ2n) is 7.78. The first-order valence-electron chi connectivity index (χ1n) is 10.6. The van der Waals surface area contributed by atoms with Crippen LogP contribution in [0.1, 0.15) is 33.8 Å². The number of phenolic OH excluding ortho intramolecular Hbond substituents is 3. The highest BCUT2D eigenvalue weighted by Gasteiger charge is 2.17. The number of phenols is 3. The molecule has 0 amide bonds. The summed E-state index contributed by atoms with van der Waals surface area (Å²) in [5, 5.41) is 49.0. The van der Waals surface area contributed by atoms with E-state index in [0.717, 1.165) is 5.56 Å². The third-order valence-corrected chi connectivity index (χ3v) is 5.22. The smallest absolute Gasteiger partial charge is 0.343 e. The van der Waals surface area contributed by atoms with Gasteiger partial charge in [0, 0.05) is 18.6 Å². The maximum absolute atomic E-state index is 12.5. The van der Waals surface area contributed by atoms with Crippen LogP contribution in [0.3, 0.4) is 0 Å². The molecule has 0 aliphatic heterocycles. The summed E-state index contributed by atoms with van der Waals surface area (Å²) >= 11 is 0. The molecule has 4 aromatic rings. The average molecular weight is 488 g/mol. The van der Waals surface area contributed by atoms with E-state index in [0.29, 0.717) is 5.56 Å². The molecule has 2 heterocycles. The lowest BCUT2D eigenvalue weighted by molar-refractivity contribution is 0.403. The van der Waals surface area contributed by atoms with Crippen molar-refractivity contribution in [2.75, 3.05) is 0 Å². The molecule has 0 saturated heterocycles. The van der Waals surface area contributed by atoms with E-state index in [1.807, 2.05) is 0 Å². The maximum atomic E-state index is 12.5. The summed E-state index contributed by atoms with van der Waals surface area (Å²) in [5.74, 6) is -1.31. The molecule has 2 aromatic carbocycles. The van der Waals surface area contributed by atoms with Crippen LogP contribution >= 0.6 is 0 Å². The highest BCUT2D eigenvalue weighted by molar-refractivity contribution is 5.70. The van der Waals surface area contributed by atoms with Crippen LogP contribution in [-0.2, 0) is 6.42 Å². The van der Waals surface area contributed by atoms with Gasteiger partial charge in [-0.3, -0.25) is 0 Å². The SMILES string of the molecule is O=c1oc(C=Cc2ccc(O)cc2)cc(O)c1Cc1c(O)cc(C=Cc2ccc(O)c(O)c2)oc1=O. The predicted molar refractivity (Wildman–Crippen MR) is 132 cm³/mol. The van der Waals surface area contributed by atoms with Crippen LogP contribution in [0.2, 0.25) is 0 Å². The molecule has 0 aliphatic carbocycles. The van der Waals surface area contributed by atoms with Crippen LogP contribution in [0.25, 0.3) is 24.3 Å². The van der Waals surface area contributed by atoms with Gasteiger partial charge in [0.15, 0.2) is 11.5 Å². The summed E-state index contributed by atoms with van der Waals surface area (Å²) < 4.78 is 10.4. The monoisotopic (exact) mass is 488 g/mol. The molecule has 0 atom stereocenters. The minimum absolute atomic E-state index is 0.000197. The Balaban J connectivity index is 1.55. The van der Waals surface area contributed by atoms with Gasteiger partial charge >= 0.3 is 11.3 Å². The Kier molecular flexibility index (Phi) is 6.64. The van der Waals surface area contributed by atoms with Crippen molar-refractivity contribution in [1.29, 1.82) is 0 Å². The zero-order chi connectivity index (χ0) is 25.8. The number of hydrogen-bond acceptors (Lipinski definition) is 9. The number of benzene rings is 2. The molecular weight excluding hydrogens is 468 g/mol. The highest BCUT2D eigenvalue weighted by Crippen LogP contribution is 2.27. The molecule has 0 unspecified atom stereocenters. The van der Waals surface area contributed by atoms with E-state index in [1.54, 1.807) is 18.2 Å². The fourth-order valence-corrected chi connectivity index (χ4v) is 3.30. The van der Waals surface area contributed by atoms with Gasteiger partial charge < -0.3 is 34.4 Å². The number of rotatable bonds is 6. The van der Waals surface area contributed by atoms with Crippen molar-refractivity contribution in [3.63, 3.8) is 0 Å². The summed E-state index contributed by atoms with van der Waals surface area (Å²) in [6.07, 6.45) is 5.50. The second kappa shape index (κ2) is 9.98. The van der Waals surface area contributed by atoms with Crippen LogP contribution in [0.4, 0.5) is 0 Å². The third-order valence-electron chi connectivity index (χ3n) is 5.22. The summed E-state index contributed by atoms with van der Waals surface area (Å²) in [5.41, 5.74) is -1.07. The molecule has 2 aromatic heterocycles. The first-order chi connectivity index (χ1) is 17.2. The van der Waals surface area contributed by atoms with E-state index in [1.165, 1.54) is 60.7 Å². The fourth-order valence-electron chi connectivity index (χ4n) is 3.30. The van der Waals surface area contributed by atoms with Gasteiger partial charge in [-0.05, 0) is 47.5 Å². The van der Waals surface area contributed by atoms with Crippen LogP contribution in [-0.4, -0.2) is 25.5 Å². The highest BCUT2D eigenvalue weighted by atomic mass is 16.4. The molecule has 9 heteroatoms. The number of hydrogen-bond donors (Lipinski definition) is 5. The quantitative estimate of drug-likeness (QED) is 0.252. The molecule has 0 fully saturated rings. The van der Waals surface area contributed by atoms with Gasteiger partial charge in [0.05, 0.1) is 11.1 Å². The van der Waals surface area contributed by atoms with Crippen LogP contribution in [0.5, 0.6) is 28.7 Å². The predicted octanol–water partition coefficient (Wildman–Crippen LogP) is 4.05. The normalized spacial score (nSPS) is 11.4. The van der Waals surface area contributed by atoms with Gasteiger partial charge in [0.25, 0.3) is 0 Å². The molecule has 5 N–H and O–H groups in total. The Morgan fingerprint density at radius 2 is 1.06 bits per heavy atom. The van der Waals surface area contributed by atoms with Crippen LogP contribution in [0, 0.1) is 0 Å². The van der Waals surface area contributed by atoms with Crippen molar-refractivity contribution in [2.45, 2.75) is 6.42 Å². The summed E-state index contributed by atoms with van der Waals surface area (Å²) in [4.78, 5) is 24.9. The van der Waals surface area contributed by atoms with E-state index in [2.05, 4.69) is 0 Å². The average Bonchev–Trinajstić information content (AvgIpc) is 2.83. The molecule has 0 saturated carbocycles. The molecule has 0 bridgehead atoms.